The molecule has 18 heavy (non-hydrogen) atoms. The highest BCUT2D eigenvalue weighted by atomic mass is 16.5. The molecule has 1 heterocycles. The van der Waals surface area contributed by atoms with E-state index < -0.39 is 0 Å². The summed E-state index contributed by atoms with van der Waals surface area (Å²) >= 11 is 0. The summed E-state index contributed by atoms with van der Waals surface area (Å²) in [5, 5.41) is 4.83. The molecule has 98 valence electrons. The lowest BCUT2D eigenvalue weighted by atomic mass is 10.1. The zero-order valence-corrected chi connectivity index (χ0v) is 11.0. The van der Waals surface area contributed by atoms with Crippen LogP contribution in [-0.2, 0) is 11.3 Å². The summed E-state index contributed by atoms with van der Waals surface area (Å²) < 4.78 is 5.03. The average molecular weight is 246 g/mol. The van der Waals surface area contributed by atoms with Crippen molar-refractivity contribution in [1.82, 2.24) is 10.3 Å². The van der Waals surface area contributed by atoms with Gasteiger partial charge in [-0.3, -0.25) is 0 Å². The SMILES string of the molecule is COCCCCCNCc1cccc2[nH]ccc12. The number of benzene rings is 1. The minimum atomic E-state index is 0.878. The summed E-state index contributed by atoms with van der Waals surface area (Å²) in [6.07, 6.45) is 5.60. The van der Waals surface area contributed by atoms with Gasteiger partial charge in [-0.2, -0.15) is 0 Å². The van der Waals surface area contributed by atoms with Crippen LogP contribution in [-0.4, -0.2) is 25.2 Å². The molecule has 3 heteroatoms. The Morgan fingerprint density at radius 3 is 3.00 bits per heavy atom. The van der Waals surface area contributed by atoms with E-state index in [1.54, 1.807) is 7.11 Å². The highest BCUT2D eigenvalue weighted by Crippen LogP contribution is 2.16. The summed E-state index contributed by atoms with van der Waals surface area (Å²) in [5.41, 5.74) is 2.58. The number of aromatic amines is 1. The molecule has 0 aliphatic heterocycles. The van der Waals surface area contributed by atoms with Crippen LogP contribution in [0.25, 0.3) is 10.9 Å². The van der Waals surface area contributed by atoms with Gasteiger partial charge in [-0.25, -0.2) is 0 Å². The summed E-state index contributed by atoms with van der Waals surface area (Å²) in [7, 11) is 1.76. The van der Waals surface area contributed by atoms with Crippen LogP contribution in [0.5, 0.6) is 0 Å². The minimum Gasteiger partial charge on any atom is -0.385 e. The van der Waals surface area contributed by atoms with Crippen LogP contribution in [0.4, 0.5) is 0 Å². The summed E-state index contributed by atoms with van der Waals surface area (Å²) in [5.74, 6) is 0. The Labute approximate surface area is 109 Å². The fourth-order valence-electron chi connectivity index (χ4n) is 2.20. The van der Waals surface area contributed by atoms with Crippen LogP contribution < -0.4 is 5.32 Å². The van der Waals surface area contributed by atoms with Gasteiger partial charge in [-0.1, -0.05) is 12.1 Å². The molecule has 0 unspecified atom stereocenters. The normalized spacial score (nSPS) is 11.2. The van der Waals surface area contributed by atoms with Crippen LogP contribution in [0.2, 0.25) is 0 Å². The Hall–Kier alpha value is -1.32. The van der Waals surface area contributed by atoms with Gasteiger partial charge in [0.25, 0.3) is 0 Å². The predicted molar refractivity (Wildman–Crippen MR) is 75.7 cm³/mol. The van der Waals surface area contributed by atoms with Crippen molar-refractivity contribution in [3.05, 3.63) is 36.0 Å². The highest BCUT2D eigenvalue weighted by Gasteiger charge is 2.00. The molecule has 2 aromatic rings. The molecule has 1 aromatic carbocycles. The molecular weight excluding hydrogens is 224 g/mol. The zero-order valence-electron chi connectivity index (χ0n) is 11.0. The lowest BCUT2D eigenvalue weighted by Gasteiger charge is -2.06. The number of ether oxygens (including phenoxy) is 1. The van der Waals surface area contributed by atoms with Gasteiger partial charge in [0.2, 0.25) is 0 Å². The predicted octanol–water partition coefficient (Wildman–Crippen LogP) is 3.07. The van der Waals surface area contributed by atoms with Gasteiger partial charge in [0.15, 0.2) is 0 Å². The average Bonchev–Trinajstić information content (AvgIpc) is 2.86. The van der Waals surface area contributed by atoms with Crippen molar-refractivity contribution in [2.75, 3.05) is 20.3 Å². The summed E-state index contributed by atoms with van der Waals surface area (Å²) in [4.78, 5) is 3.24. The third-order valence-electron chi connectivity index (χ3n) is 3.20. The van der Waals surface area contributed by atoms with Crippen LogP contribution in [0.1, 0.15) is 24.8 Å². The van der Waals surface area contributed by atoms with E-state index in [9.17, 15) is 0 Å². The van der Waals surface area contributed by atoms with Gasteiger partial charge in [0.05, 0.1) is 0 Å². The van der Waals surface area contributed by atoms with Crippen molar-refractivity contribution >= 4 is 10.9 Å². The van der Waals surface area contributed by atoms with Crippen LogP contribution in [0, 0.1) is 0 Å². The fraction of sp³-hybridized carbons (Fsp3) is 0.467. The Kier molecular flexibility index (Phi) is 5.24. The van der Waals surface area contributed by atoms with Crippen molar-refractivity contribution < 1.29 is 4.74 Å². The maximum Gasteiger partial charge on any atom is 0.0462 e. The van der Waals surface area contributed by atoms with Crippen LogP contribution in [0.3, 0.4) is 0 Å². The molecule has 0 saturated heterocycles. The summed E-state index contributed by atoms with van der Waals surface area (Å²) in [6, 6.07) is 8.55. The largest absolute Gasteiger partial charge is 0.385 e. The second-order valence-electron chi connectivity index (χ2n) is 4.59. The van der Waals surface area contributed by atoms with Gasteiger partial charge in [0.1, 0.15) is 0 Å². The van der Waals surface area contributed by atoms with Crippen molar-refractivity contribution in [3.63, 3.8) is 0 Å². The topological polar surface area (TPSA) is 37.0 Å². The number of fused-ring (bicyclic) bond motifs is 1. The van der Waals surface area contributed by atoms with Gasteiger partial charge in [0, 0.05) is 37.4 Å². The quantitative estimate of drug-likeness (QED) is 0.702. The number of hydrogen-bond donors (Lipinski definition) is 2. The first kappa shape index (κ1) is 13.1. The molecule has 0 saturated carbocycles. The molecule has 0 radical (unpaired) electrons. The van der Waals surface area contributed by atoms with Crippen molar-refractivity contribution in [2.45, 2.75) is 25.8 Å². The molecule has 0 atom stereocenters. The molecule has 2 N–H and O–H groups in total. The third kappa shape index (κ3) is 3.59. The first-order chi connectivity index (χ1) is 8.92. The van der Waals surface area contributed by atoms with E-state index in [0.717, 1.165) is 26.1 Å². The molecule has 0 fully saturated rings. The van der Waals surface area contributed by atoms with E-state index in [4.69, 9.17) is 4.74 Å². The Bertz CT molecular complexity index is 464. The smallest absolute Gasteiger partial charge is 0.0462 e. The first-order valence-corrected chi connectivity index (χ1v) is 6.66. The Balaban J connectivity index is 1.72. The van der Waals surface area contributed by atoms with Gasteiger partial charge in [-0.05, 0) is 43.5 Å². The number of unbranched alkanes of at least 4 members (excludes halogenated alkanes) is 2. The van der Waals surface area contributed by atoms with E-state index in [-0.39, 0.29) is 0 Å². The maximum absolute atomic E-state index is 5.03. The number of aromatic nitrogens is 1. The van der Waals surface area contributed by atoms with E-state index in [1.165, 1.54) is 29.3 Å². The zero-order chi connectivity index (χ0) is 12.6. The number of nitrogens with one attached hydrogen (secondary N) is 2. The second-order valence-corrected chi connectivity index (χ2v) is 4.59. The monoisotopic (exact) mass is 246 g/mol. The number of hydrogen-bond acceptors (Lipinski definition) is 2. The fourth-order valence-corrected chi connectivity index (χ4v) is 2.20. The van der Waals surface area contributed by atoms with Crippen LogP contribution >= 0.6 is 0 Å². The molecule has 0 spiro atoms. The maximum atomic E-state index is 5.03. The Morgan fingerprint density at radius 2 is 2.11 bits per heavy atom. The van der Waals surface area contributed by atoms with E-state index in [0.29, 0.717) is 0 Å². The van der Waals surface area contributed by atoms with Crippen LogP contribution in [0.15, 0.2) is 30.5 Å². The first-order valence-electron chi connectivity index (χ1n) is 6.66. The molecule has 0 bridgehead atoms. The lowest BCUT2D eigenvalue weighted by molar-refractivity contribution is 0.192. The lowest BCUT2D eigenvalue weighted by Crippen LogP contribution is -2.14. The van der Waals surface area contributed by atoms with Crippen molar-refractivity contribution in [3.8, 4) is 0 Å². The third-order valence-corrected chi connectivity index (χ3v) is 3.20. The van der Waals surface area contributed by atoms with Crippen molar-refractivity contribution in [2.24, 2.45) is 0 Å². The molecule has 0 aliphatic rings. The van der Waals surface area contributed by atoms with Gasteiger partial charge < -0.3 is 15.0 Å². The van der Waals surface area contributed by atoms with E-state index >= 15 is 0 Å². The highest BCUT2D eigenvalue weighted by molar-refractivity contribution is 5.82. The van der Waals surface area contributed by atoms with Crippen molar-refractivity contribution in [1.29, 1.82) is 0 Å². The van der Waals surface area contributed by atoms with E-state index in [1.807, 2.05) is 6.20 Å². The van der Waals surface area contributed by atoms with Gasteiger partial charge in [-0.15, -0.1) is 0 Å². The number of H-pyrrole nitrogens is 1. The molecule has 3 nitrogen and oxygen atoms in total. The molecule has 0 amide bonds. The number of methoxy groups -OCH3 is 1. The molecule has 1 aromatic heterocycles. The molecular formula is C15H22N2O. The standard InChI is InChI=1S/C15H22N2O/c1-18-11-4-2-3-9-16-12-13-6-5-7-15-14(13)8-10-17-15/h5-8,10,16-17H,2-4,9,11-12H2,1H3. The molecule has 0 aliphatic carbocycles. The molecule has 2 rings (SSSR count). The Morgan fingerprint density at radius 1 is 1.17 bits per heavy atom. The second kappa shape index (κ2) is 7.19. The van der Waals surface area contributed by atoms with E-state index in [2.05, 4.69) is 34.6 Å². The summed E-state index contributed by atoms with van der Waals surface area (Å²) in [6.45, 7) is 2.90. The minimum absolute atomic E-state index is 0.878. The number of rotatable bonds is 8. The van der Waals surface area contributed by atoms with Gasteiger partial charge >= 0.3 is 0 Å².